The summed E-state index contributed by atoms with van der Waals surface area (Å²) in [5, 5.41) is 14.0. The molecule has 0 atom stereocenters. The highest BCUT2D eigenvalue weighted by molar-refractivity contribution is 7.88. The smallest absolute Gasteiger partial charge is 0.208 e. The Labute approximate surface area is 140 Å². The standard InChI is InChI=1S/C14H20ClN5O2S/c1-23(21,22)18-8-3-2-7-16-14-13(10-17-20-14)19-12-6-4-5-11(15)9-12/h4-6,9-10,18-19H,2-3,7-8H2,1H3,(H2,16,17,20). The van der Waals surface area contributed by atoms with Crippen LogP contribution in [-0.4, -0.2) is 38.0 Å². The van der Waals surface area contributed by atoms with Gasteiger partial charge in [0.2, 0.25) is 10.0 Å². The summed E-state index contributed by atoms with van der Waals surface area (Å²) in [5.74, 6) is 0.779. The summed E-state index contributed by atoms with van der Waals surface area (Å²) in [5.41, 5.74) is 1.70. The number of hydrogen-bond acceptors (Lipinski definition) is 5. The van der Waals surface area contributed by atoms with E-state index in [4.69, 9.17) is 11.6 Å². The number of nitrogens with zero attached hydrogens (tertiary/aromatic N) is 1. The van der Waals surface area contributed by atoms with Crippen molar-refractivity contribution in [3.05, 3.63) is 35.5 Å². The van der Waals surface area contributed by atoms with Crippen molar-refractivity contribution in [3.63, 3.8) is 0 Å². The van der Waals surface area contributed by atoms with Crippen molar-refractivity contribution in [1.82, 2.24) is 14.9 Å². The monoisotopic (exact) mass is 357 g/mol. The Morgan fingerprint density at radius 3 is 2.78 bits per heavy atom. The zero-order valence-corrected chi connectivity index (χ0v) is 14.3. The van der Waals surface area contributed by atoms with Crippen molar-refractivity contribution >= 4 is 38.8 Å². The molecular weight excluding hydrogens is 338 g/mol. The summed E-state index contributed by atoms with van der Waals surface area (Å²) in [6.07, 6.45) is 4.43. The molecule has 0 radical (unpaired) electrons. The predicted octanol–water partition coefficient (Wildman–Crippen LogP) is 2.55. The Hall–Kier alpha value is -1.77. The number of aromatic amines is 1. The van der Waals surface area contributed by atoms with Crippen molar-refractivity contribution in [2.24, 2.45) is 0 Å². The molecular formula is C14H20ClN5O2S. The van der Waals surface area contributed by atoms with Crippen molar-refractivity contribution in [1.29, 1.82) is 0 Å². The van der Waals surface area contributed by atoms with Crippen molar-refractivity contribution in [2.75, 3.05) is 30.0 Å². The number of benzene rings is 1. The Balaban J connectivity index is 1.78. The lowest BCUT2D eigenvalue weighted by molar-refractivity contribution is 0.584. The van der Waals surface area contributed by atoms with E-state index in [2.05, 4.69) is 25.6 Å². The fraction of sp³-hybridized carbons (Fsp3) is 0.357. The lowest BCUT2D eigenvalue weighted by Crippen LogP contribution is -2.23. The Bertz CT molecular complexity index is 732. The molecule has 0 fully saturated rings. The third-order valence-electron chi connectivity index (χ3n) is 3.01. The second kappa shape index (κ2) is 8.19. The highest BCUT2D eigenvalue weighted by Gasteiger charge is 2.05. The molecule has 1 heterocycles. The van der Waals surface area contributed by atoms with Crippen LogP contribution in [0.5, 0.6) is 0 Å². The topological polar surface area (TPSA) is 98.9 Å². The first-order valence-corrected chi connectivity index (χ1v) is 9.45. The highest BCUT2D eigenvalue weighted by atomic mass is 35.5. The van der Waals surface area contributed by atoms with E-state index >= 15 is 0 Å². The summed E-state index contributed by atoms with van der Waals surface area (Å²) in [7, 11) is -3.11. The van der Waals surface area contributed by atoms with Crippen LogP contribution >= 0.6 is 11.6 Å². The van der Waals surface area contributed by atoms with Crippen LogP contribution in [0, 0.1) is 0 Å². The minimum absolute atomic E-state index is 0.442. The average Bonchev–Trinajstić information content (AvgIpc) is 2.89. The van der Waals surface area contributed by atoms with Crippen LogP contribution in [0.1, 0.15) is 12.8 Å². The van der Waals surface area contributed by atoms with Crippen molar-refractivity contribution in [2.45, 2.75) is 12.8 Å². The van der Waals surface area contributed by atoms with Crippen LogP contribution in [0.15, 0.2) is 30.5 Å². The molecule has 0 aliphatic carbocycles. The van der Waals surface area contributed by atoms with E-state index in [1.165, 1.54) is 0 Å². The van der Waals surface area contributed by atoms with E-state index in [0.717, 1.165) is 36.3 Å². The van der Waals surface area contributed by atoms with Gasteiger partial charge in [0.25, 0.3) is 0 Å². The number of rotatable bonds is 9. The third kappa shape index (κ3) is 6.47. The fourth-order valence-corrected chi connectivity index (χ4v) is 2.66. The van der Waals surface area contributed by atoms with Gasteiger partial charge in [-0.2, -0.15) is 5.10 Å². The normalized spacial score (nSPS) is 11.4. The molecule has 0 spiro atoms. The summed E-state index contributed by atoms with van der Waals surface area (Å²) < 4.78 is 24.3. The van der Waals surface area contributed by atoms with E-state index in [9.17, 15) is 8.42 Å². The van der Waals surface area contributed by atoms with Crippen LogP contribution in [-0.2, 0) is 10.0 Å². The number of aromatic nitrogens is 2. The van der Waals surface area contributed by atoms with Gasteiger partial charge in [-0.25, -0.2) is 13.1 Å². The van der Waals surface area contributed by atoms with Crippen molar-refractivity contribution in [3.8, 4) is 0 Å². The molecule has 126 valence electrons. The molecule has 23 heavy (non-hydrogen) atoms. The molecule has 0 saturated carbocycles. The molecule has 1 aromatic carbocycles. The Kier molecular flexibility index (Phi) is 6.26. The number of H-pyrrole nitrogens is 1. The van der Waals surface area contributed by atoms with Crippen molar-refractivity contribution < 1.29 is 8.42 Å². The molecule has 1 aromatic heterocycles. The first-order valence-electron chi connectivity index (χ1n) is 7.18. The molecule has 4 N–H and O–H groups in total. The van der Waals surface area contributed by atoms with Gasteiger partial charge in [-0.15, -0.1) is 0 Å². The SMILES string of the molecule is CS(=O)(=O)NCCCCNc1[nH]ncc1Nc1cccc(Cl)c1. The summed E-state index contributed by atoms with van der Waals surface area (Å²) in [4.78, 5) is 0. The number of anilines is 3. The van der Waals surface area contributed by atoms with Crippen LogP contribution in [0.3, 0.4) is 0 Å². The van der Waals surface area contributed by atoms with Gasteiger partial charge in [0.05, 0.1) is 12.5 Å². The van der Waals surface area contributed by atoms with Crippen LogP contribution in [0.25, 0.3) is 0 Å². The minimum atomic E-state index is -3.11. The molecule has 0 bridgehead atoms. The zero-order chi connectivity index (χ0) is 16.7. The molecule has 0 amide bonds. The lowest BCUT2D eigenvalue weighted by Gasteiger charge is -2.09. The quantitative estimate of drug-likeness (QED) is 0.517. The zero-order valence-electron chi connectivity index (χ0n) is 12.8. The van der Waals surface area contributed by atoms with E-state index in [1.807, 2.05) is 24.3 Å². The van der Waals surface area contributed by atoms with Crippen LogP contribution < -0.4 is 15.4 Å². The number of halogens is 1. The molecule has 2 aromatic rings. The molecule has 7 nitrogen and oxygen atoms in total. The molecule has 0 saturated heterocycles. The molecule has 0 unspecified atom stereocenters. The highest BCUT2D eigenvalue weighted by Crippen LogP contribution is 2.24. The van der Waals surface area contributed by atoms with Gasteiger partial charge in [0.15, 0.2) is 0 Å². The number of hydrogen-bond donors (Lipinski definition) is 4. The maximum atomic E-state index is 10.9. The number of unbranched alkanes of at least 4 members (excludes halogenated alkanes) is 1. The van der Waals surface area contributed by atoms with Gasteiger partial charge >= 0.3 is 0 Å². The maximum Gasteiger partial charge on any atom is 0.208 e. The third-order valence-corrected chi connectivity index (χ3v) is 3.98. The summed E-state index contributed by atoms with van der Waals surface area (Å²) in [6.45, 7) is 1.15. The van der Waals surface area contributed by atoms with Gasteiger partial charge < -0.3 is 10.6 Å². The average molecular weight is 358 g/mol. The lowest BCUT2D eigenvalue weighted by atomic mass is 10.3. The minimum Gasteiger partial charge on any atom is -0.369 e. The van der Waals surface area contributed by atoms with Gasteiger partial charge in [0, 0.05) is 23.8 Å². The van der Waals surface area contributed by atoms with Gasteiger partial charge in [-0.05, 0) is 31.0 Å². The number of nitrogens with one attached hydrogen (secondary N) is 4. The van der Waals surface area contributed by atoms with Crippen LogP contribution in [0.2, 0.25) is 5.02 Å². The number of sulfonamides is 1. The summed E-state index contributed by atoms with van der Waals surface area (Å²) in [6, 6.07) is 7.42. The Morgan fingerprint density at radius 2 is 2.04 bits per heavy atom. The van der Waals surface area contributed by atoms with Crippen LogP contribution in [0.4, 0.5) is 17.2 Å². The van der Waals surface area contributed by atoms with E-state index in [1.54, 1.807) is 6.20 Å². The second-order valence-corrected chi connectivity index (χ2v) is 7.36. The molecule has 2 rings (SSSR count). The second-order valence-electron chi connectivity index (χ2n) is 5.09. The molecule has 0 aliphatic rings. The maximum absolute atomic E-state index is 10.9. The van der Waals surface area contributed by atoms with E-state index < -0.39 is 10.0 Å². The van der Waals surface area contributed by atoms with E-state index in [-0.39, 0.29) is 0 Å². The summed E-state index contributed by atoms with van der Waals surface area (Å²) >= 11 is 5.96. The molecule has 9 heteroatoms. The largest absolute Gasteiger partial charge is 0.369 e. The predicted molar refractivity (Wildman–Crippen MR) is 93.9 cm³/mol. The molecule has 0 aliphatic heterocycles. The Morgan fingerprint density at radius 1 is 1.26 bits per heavy atom. The fourth-order valence-electron chi connectivity index (χ4n) is 1.96. The first-order chi connectivity index (χ1) is 10.9. The van der Waals surface area contributed by atoms with E-state index in [0.29, 0.717) is 18.1 Å². The van der Waals surface area contributed by atoms with Gasteiger partial charge in [-0.3, -0.25) is 5.10 Å². The first kappa shape index (κ1) is 17.6. The van der Waals surface area contributed by atoms with Gasteiger partial charge in [-0.1, -0.05) is 17.7 Å². The van der Waals surface area contributed by atoms with Gasteiger partial charge in [0.1, 0.15) is 11.5 Å².